The number of nitrogens with zero attached hydrogens (tertiary/aromatic N) is 1. The van der Waals surface area contributed by atoms with Crippen LogP contribution in [0.15, 0.2) is 16.6 Å². The number of ether oxygens (including phenoxy) is 2. The summed E-state index contributed by atoms with van der Waals surface area (Å²) in [5.41, 5.74) is -0.288. The van der Waals surface area contributed by atoms with Gasteiger partial charge >= 0.3 is 5.69 Å². The van der Waals surface area contributed by atoms with Crippen LogP contribution < -0.4 is 4.74 Å². The lowest BCUT2D eigenvalue weighted by Gasteiger charge is -2.06. The van der Waals surface area contributed by atoms with Gasteiger partial charge in [-0.05, 0) is 15.9 Å². The number of nitro benzene ring substituents is 1. The number of rotatable bonds is 5. The van der Waals surface area contributed by atoms with Gasteiger partial charge in [0.2, 0.25) is 0 Å². The summed E-state index contributed by atoms with van der Waals surface area (Å²) in [5.74, 6) is -0.722. The molecule has 0 fully saturated rings. The lowest BCUT2D eigenvalue weighted by atomic mass is 10.3. The second-order valence-electron chi connectivity index (χ2n) is 2.83. The van der Waals surface area contributed by atoms with Gasteiger partial charge in [0.25, 0.3) is 0 Å². The minimum atomic E-state index is -0.633. The van der Waals surface area contributed by atoms with E-state index in [1.54, 1.807) is 0 Å². The zero-order valence-electron chi connectivity index (χ0n) is 8.41. The number of nitro groups is 1. The third-order valence-corrected chi connectivity index (χ3v) is 2.35. The molecule has 0 aliphatic carbocycles. The first-order valence-corrected chi connectivity index (χ1v) is 5.10. The lowest BCUT2D eigenvalue weighted by Crippen LogP contribution is -2.06. The van der Waals surface area contributed by atoms with Crippen LogP contribution in [-0.2, 0) is 4.74 Å². The van der Waals surface area contributed by atoms with E-state index < -0.39 is 10.7 Å². The van der Waals surface area contributed by atoms with Crippen LogP contribution in [0.1, 0.15) is 0 Å². The highest BCUT2D eigenvalue weighted by atomic mass is 79.9. The topological polar surface area (TPSA) is 61.6 Å². The third kappa shape index (κ3) is 3.14. The monoisotopic (exact) mass is 293 g/mol. The number of hydrogen-bond donors (Lipinski definition) is 0. The maximum atomic E-state index is 13.2. The van der Waals surface area contributed by atoms with E-state index in [1.807, 2.05) is 0 Å². The average Bonchev–Trinajstić information content (AvgIpc) is 2.23. The standard InChI is InChI=1S/C9H9BrFNO4/c1-15-2-3-16-9-5-7(11)6(10)4-8(9)12(13)14/h4-5H,2-3H2,1H3. The highest BCUT2D eigenvalue weighted by molar-refractivity contribution is 9.10. The molecular weight excluding hydrogens is 285 g/mol. The van der Waals surface area contributed by atoms with Crippen molar-refractivity contribution in [2.75, 3.05) is 20.3 Å². The van der Waals surface area contributed by atoms with Crippen molar-refractivity contribution in [3.63, 3.8) is 0 Å². The second-order valence-corrected chi connectivity index (χ2v) is 3.69. The van der Waals surface area contributed by atoms with E-state index in [1.165, 1.54) is 7.11 Å². The van der Waals surface area contributed by atoms with Crippen molar-refractivity contribution in [1.82, 2.24) is 0 Å². The Morgan fingerprint density at radius 1 is 1.50 bits per heavy atom. The van der Waals surface area contributed by atoms with Crippen molar-refractivity contribution in [3.8, 4) is 5.75 Å². The molecule has 16 heavy (non-hydrogen) atoms. The molecule has 0 spiro atoms. The van der Waals surface area contributed by atoms with Crippen LogP contribution in [0.4, 0.5) is 10.1 Å². The Hall–Kier alpha value is -1.21. The van der Waals surface area contributed by atoms with Crippen LogP contribution in [0.25, 0.3) is 0 Å². The molecule has 0 radical (unpaired) electrons. The van der Waals surface area contributed by atoms with Gasteiger partial charge in [-0.1, -0.05) is 0 Å². The van der Waals surface area contributed by atoms with Crippen LogP contribution >= 0.6 is 15.9 Å². The smallest absolute Gasteiger partial charge is 0.312 e. The molecular formula is C9H9BrFNO4. The van der Waals surface area contributed by atoms with Gasteiger partial charge in [-0.15, -0.1) is 0 Å². The van der Waals surface area contributed by atoms with Crippen LogP contribution in [0, 0.1) is 15.9 Å². The minimum Gasteiger partial charge on any atom is -0.484 e. The van der Waals surface area contributed by atoms with Gasteiger partial charge in [0.1, 0.15) is 12.4 Å². The molecule has 0 heterocycles. The van der Waals surface area contributed by atoms with Gasteiger partial charge < -0.3 is 9.47 Å². The summed E-state index contributed by atoms with van der Waals surface area (Å²) in [6.07, 6.45) is 0. The molecule has 1 aromatic carbocycles. The Morgan fingerprint density at radius 3 is 2.75 bits per heavy atom. The van der Waals surface area contributed by atoms with E-state index in [4.69, 9.17) is 9.47 Å². The second kappa shape index (κ2) is 5.76. The predicted octanol–water partition coefficient (Wildman–Crippen LogP) is 2.52. The number of hydrogen-bond acceptors (Lipinski definition) is 4. The molecule has 0 saturated heterocycles. The van der Waals surface area contributed by atoms with Gasteiger partial charge in [0.15, 0.2) is 5.75 Å². The highest BCUT2D eigenvalue weighted by Crippen LogP contribution is 2.32. The van der Waals surface area contributed by atoms with Crippen LogP contribution in [0.3, 0.4) is 0 Å². The molecule has 0 aromatic heterocycles. The van der Waals surface area contributed by atoms with E-state index in [2.05, 4.69) is 15.9 Å². The summed E-state index contributed by atoms with van der Waals surface area (Å²) in [6, 6.07) is 2.04. The molecule has 0 amide bonds. The lowest BCUT2D eigenvalue weighted by molar-refractivity contribution is -0.386. The van der Waals surface area contributed by atoms with Crippen molar-refractivity contribution >= 4 is 21.6 Å². The van der Waals surface area contributed by atoms with E-state index in [0.29, 0.717) is 0 Å². The zero-order valence-corrected chi connectivity index (χ0v) is 9.99. The summed E-state index contributed by atoms with van der Waals surface area (Å²) in [5, 5.41) is 10.7. The summed E-state index contributed by atoms with van der Waals surface area (Å²) in [4.78, 5) is 10.0. The fourth-order valence-electron chi connectivity index (χ4n) is 1.01. The summed E-state index contributed by atoms with van der Waals surface area (Å²) >= 11 is 2.87. The Labute approximate surface area is 99.4 Å². The number of methoxy groups -OCH3 is 1. The van der Waals surface area contributed by atoms with E-state index >= 15 is 0 Å². The fourth-order valence-corrected chi connectivity index (χ4v) is 1.34. The van der Waals surface area contributed by atoms with Gasteiger partial charge in [-0.3, -0.25) is 10.1 Å². The van der Waals surface area contributed by atoms with Gasteiger partial charge in [0.05, 0.1) is 16.0 Å². The molecule has 0 aliphatic heterocycles. The first kappa shape index (κ1) is 12.9. The van der Waals surface area contributed by atoms with Gasteiger partial charge in [-0.2, -0.15) is 0 Å². The van der Waals surface area contributed by atoms with Crippen molar-refractivity contribution in [1.29, 1.82) is 0 Å². The SMILES string of the molecule is COCCOc1cc(F)c(Br)cc1[N+](=O)[O-]. The Kier molecular flexibility index (Phi) is 4.63. The van der Waals surface area contributed by atoms with Crippen molar-refractivity contribution in [2.24, 2.45) is 0 Å². The van der Waals surface area contributed by atoms with Gasteiger partial charge in [0, 0.05) is 19.2 Å². The number of halogens is 2. The Balaban J connectivity index is 2.95. The van der Waals surface area contributed by atoms with E-state index in [9.17, 15) is 14.5 Å². The van der Waals surface area contributed by atoms with Crippen LogP contribution in [0.5, 0.6) is 5.75 Å². The number of benzene rings is 1. The van der Waals surface area contributed by atoms with Crippen molar-refractivity contribution in [2.45, 2.75) is 0 Å². The fraction of sp³-hybridized carbons (Fsp3) is 0.333. The maximum absolute atomic E-state index is 13.2. The molecule has 0 atom stereocenters. The maximum Gasteiger partial charge on any atom is 0.312 e. The minimum absolute atomic E-state index is 0.0262. The van der Waals surface area contributed by atoms with E-state index in [0.717, 1.165) is 12.1 Å². The predicted molar refractivity (Wildman–Crippen MR) is 58.1 cm³/mol. The Morgan fingerprint density at radius 2 is 2.19 bits per heavy atom. The molecule has 0 bridgehead atoms. The molecule has 1 rings (SSSR count). The first-order valence-electron chi connectivity index (χ1n) is 4.31. The summed E-state index contributed by atoms with van der Waals surface area (Å²) < 4.78 is 22.9. The highest BCUT2D eigenvalue weighted by Gasteiger charge is 2.18. The molecule has 0 aliphatic rings. The zero-order chi connectivity index (χ0) is 12.1. The quantitative estimate of drug-likeness (QED) is 0.475. The van der Waals surface area contributed by atoms with Crippen LogP contribution in [0.2, 0.25) is 0 Å². The van der Waals surface area contributed by atoms with E-state index in [-0.39, 0.29) is 29.1 Å². The largest absolute Gasteiger partial charge is 0.484 e. The summed E-state index contributed by atoms with van der Waals surface area (Å²) in [6.45, 7) is 0.396. The molecule has 5 nitrogen and oxygen atoms in total. The molecule has 7 heteroatoms. The molecule has 0 saturated carbocycles. The van der Waals surface area contributed by atoms with Gasteiger partial charge in [-0.25, -0.2) is 4.39 Å². The Bertz CT molecular complexity index is 399. The third-order valence-electron chi connectivity index (χ3n) is 1.74. The average molecular weight is 294 g/mol. The normalized spacial score (nSPS) is 10.2. The molecule has 0 unspecified atom stereocenters. The molecule has 0 N–H and O–H groups in total. The first-order chi connectivity index (χ1) is 7.56. The van der Waals surface area contributed by atoms with Crippen LogP contribution in [-0.4, -0.2) is 25.2 Å². The van der Waals surface area contributed by atoms with Crippen molar-refractivity contribution < 1.29 is 18.8 Å². The molecule has 88 valence electrons. The molecule has 1 aromatic rings. The van der Waals surface area contributed by atoms with Crippen molar-refractivity contribution in [3.05, 3.63) is 32.5 Å². The summed E-state index contributed by atoms with van der Waals surface area (Å²) in [7, 11) is 1.47.